The van der Waals surface area contributed by atoms with Crippen molar-refractivity contribution >= 4 is 5.91 Å². The minimum Gasteiger partial charge on any atom is -0.353 e. The van der Waals surface area contributed by atoms with Crippen LogP contribution in [0.25, 0.3) is 0 Å². The molecule has 1 rings (SSSR count). The van der Waals surface area contributed by atoms with E-state index in [0.29, 0.717) is 6.42 Å². The molecule has 1 saturated heterocycles. The van der Waals surface area contributed by atoms with Gasteiger partial charge in [0.05, 0.1) is 0 Å². The van der Waals surface area contributed by atoms with Crippen LogP contribution in [-0.2, 0) is 10.0 Å². The number of hydroxylamine groups is 2. The lowest BCUT2D eigenvalue weighted by Crippen LogP contribution is -2.62. The summed E-state index contributed by atoms with van der Waals surface area (Å²) in [5, 5.41) is 16.8. The smallest absolute Gasteiger partial charge is 0.220 e. The summed E-state index contributed by atoms with van der Waals surface area (Å²) in [4.78, 5) is 12.3. The molecule has 0 saturated carbocycles. The summed E-state index contributed by atoms with van der Waals surface area (Å²) < 4.78 is 0. The number of rotatable bonds is 16. The Morgan fingerprint density at radius 2 is 1.13 bits per heavy atom. The first-order valence-electron chi connectivity index (χ1n) is 12.7. The summed E-state index contributed by atoms with van der Waals surface area (Å²) in [7, 11) is 0. The van der Waals surface area contributed by atoms with E-state index in [1.807, 2.05) is 27.7 Å². The molecule has 5 nitrogen and oxygen atoms in total. The topological polar surface area (TPSA) is 78.3 Å². The Morgan fingerprint density at radius 1 is 0.767 bits per heavy atom. The average Bonchev–Trinajstić information content (AvgIpc) is 2.66. The highest BCUT2D eigenvalue weighted by atomic mass is 16.5. The number of hydrogen-bond acceptors (Lipinski definition) is 3. The minimum absolute atomic E-state index is 0.105. The van der Waals surface area contributed by atoms with Crippen molar-refractivity contribution in [1.29, 1.82) is 0 Å². The third-order valence-electron chi connectivity index (χ3n) is 6.56. The van der Waals surface area contributed by atoms with Gasteiger partial charge in [-0.2, -0.15) is 0 Å². The van der Waals surface area contributed by atoms with Gasteiger partial charge in [-0.15, -0.1) is 10.3 Å². The molecule has 30 heavy (non-hydrogen) atoms. The van der Waals surface area contributed by atoms with E-state index in [0.717, 1.165) is 32.2 Å². The van der Waals surface area contributed by atoms with Gasteiger partial charge in [-0.1, -0.05) is 70.6 Å². The van der Waals surface area contributed by atoms with E-state index in [9.17, 15) is 10.0 Å². The van der Waals surface area contributed by atoms with Gasteiger partial charge in [0.25, 0.3) is 0 Å². The number of carbonyl (C=O) groups excluding carboxylic acids is 1. The van der Waals surface area contributed by atoms with Crippen molar-refractivity contribution in [2.75, 3.05) is 6.54 Å². The van der Waals surface area contributed by atoms with Crippen molar-refractivity contribution in [3.8, 4) is 0 Å². The molecule has 0 aliphatic carbocycles. The second kappa shape index (κ2) is 14.4. The van der Waals surface area contributed by atoms with Gasteiger partial charge in [0.15, 0.2) is 0 Å². The molecule has 5 heteroatoms. The molecule has 1 aliphatic rings. The normalized spacial score (nSPS) is 19.1. The lowest BCUT2D eigenvalue weighted by molar-refractivity contribution is -0.290. The zero-order valence-corrected chi connectivity index (χ0v) is 20.4. The second-order valence-corrected chi connectivity index (χ2v) is 10.7. The molecule has 1 aliphatic heterocycles. The van der Waals surface area contributed by atoms with Crippen LogP contribution in [-0.4, -0.2) is 34.6 Å². The van der Waals surface area contributed by atoms with Crippen LogP contribution >= 0.6 is 0 Å². The largest absolute Gasteiger partial charge is 0.353 e. The summed E-state index contributed by atoms with van der Waals surface area (Å²) in [6, 6.07) is 0.105. The second-order valence-electron chi connectivity index (χ2n) is 10.7. The van der Waals surface area contributed by atoms with Gasteiger partial charge in [0.2, 0.25) is 5.91 Å². The molecule has 1 amide bonds. The molecule has 1 fully saturated rings. The molecule has 1 radical (unpaired) electrons. The van der Waals surface area contributed by atoms with E-state index >= 15 is 0 Å². The van der Waals surface area contributed by atoms with Crippen LogP contribution in [0.5, 0.6) is 0 Å². The number of unbranched alkanes of at least 4 members (excludes halogenated alkanes) is 12. The van der Waals surface area contributed by atoms with Gasteiger partial charge in [0, 0.05) is 23.5 Å². The first-order chi connectivity index (χ1) is 14.2. The zero-order valence-electron chi connectivity index (χ0n) is 20.4. The van der Waals surface area contributed by atoms with E-state index in [-0.39, 0.29) is 11.9 Å². The number of piperidine rings is 1. The Kier molecular flexibility index (Phi) is 13.2. The number of nitrogens with two attached hydrogens (primary N) is 1. The summed E-state index contributed by atoms with van der Waals surface area (Å²) >= 11 is 0. The first-order valence-corrected chi connectivity index (χ1v) is 12.7. The van der Waals surface area contributed by atoms with Crippen LogP contribution in [0.15, 0.2) is 0 Å². The number of hydrogen-bond donors (Lipinski definition) is 2. The Morgan fingerprint density at radius 3 is 1.53 bits per heavy atom. The van der Waals surface area contributed by atoms with Gasteiger partial charge in [-0.25, -0.2) is 0 Å². The van der Waals surface area contributed by atoms with Crippen LogP contribution in [0, 0.1) is 0 Å². The van der Waals surface area contributed by atoms with E-state index in [2.05, 4.69) is 5.32 Å². The van der Waals surface area contributed by atoms with Crippen LogP contribution in [0.1, 0.15) is 130 Å². The lowest BCUT2D eigenvalue weighted by atomic mass is 9.79. The first kappa shape index (κ1) is 27.4. The van der Waals surface area contributed by atoms with Crippen molar-refractivity contribution < 1.29 is 10.0 Å². The van der Waals surface area contributed by atoms with E-state index in [1.54, 1.807) is 0 Å². The zero-order chi connectivity index (χ0) is 22.5. The fourth-order valence-electron chi connectivity index (χ4n) is 5.04. The van der Waals surface area contributed by atoms with Gasteiger partial charge >= 0.3 is 0 Å². The van der Waals surface area contributed by atoms with Crippen LogP contribution < -0.4 is 11.1 Å². The summed E-state index contributed by atoms with van der Waals surface area (Å²) in [5.74, 6) is 0.150. The summed E-state index contributed by atoms with van der Waals surface area (Å²) in [6.07, 6.45) is 18.7. The highest BCUT2D eigenvalue weighted by Crippen LogP contribution is 2.37. The number of nitrogens with zero attached hydrogens (tertiary/aromatic N) is 1. The van der Waals surface area contributed by atoms with E-state index < -0.39 is 11.1 Å². The number of carbonyl (C=O) groups is 1. The number of amides is 1. The molecule has 1 heterocycles. The molecule has 0 atom stereocenters. The fraction of sp³-hybridized carbons (Fsp3) is 0.960. The van der Waals surface area contributed by atoms with Crippen LogP contribution in [0.2, 0.25) is 0 Å². The molecule has 0 aromatic carbocycles. The molecule has 0 aromatic heterocycles. The van der Waals surface area contributed by atoms with Gasteiger partial charge in [-0.3, -0.25) is 4.79 Å². The van der Waals surface area contributed by atoms with Crippen molar-refractivity contribution in [2.24, 2.45) is 5.73 Å². The maximum atomic E-state index is 12.4. The van der Waals surface area contributed by atoms with Gasteiger partial charge < -0.3 is 11.1 Å². The Bertz CT molecular complexity index is 447. The molecule has 0 unspecified atom stereocenters. The van der Waals surface area contributed by atoms with E-state index in [1.165, 1.54) is 75.7 Å². The van der Waals surface area contributed by atoms with Crippen molar-refractivity contribution in [1.82, 2.24) is 10.4 Å². The molecular formula is C25H50N3O2. The Hall–Kier alpha value is -0.650. The third-order valence-corrected chi connectivity index (χ3v) is 6.56. The lowest BCUT2D eigenvalue weighted by Gasteiger charge is -2.50. The van der Waals surface area contributed by atoms with E-state index in [4.69, 9.17) is 5.73 Å². The summed E-state index contributed by atoms with van der Waals surface area (Å²) in [6.45, 7) is 8.74. The fourth-order valence-corrected chi connectivity index (χ4v) is 5.04. The number of nitrogens with one attached hydrogen (secondary N) is 1. The summed E-state index contributed by atoms with van der Waals surface area (Å²) in [5.41, 5.74) is 4.66. The molecule has 0 spiro atoms. The highest BCUT2D eigenvalue weighted by Gasteiger charge is 2.46. The highest BCUT2D eigenvalue weighted by molar-refractivity contribution is 5.76. The maximum absolute atomic E-state index is 12.4. The molecular weight excluding hydrogens is 374 g/mol. The van der Waals surface area contributed by atoms with Crippen molar-refractivity contribution in [2.45, 2.75) is 148 Å². The molecule has 0 aromatic rings. The van der Waals surface area contributed by atoms with Gasteiger partial charge in [-0.05, 0) is 59.9 Å². The van der Waals surface area contributed by atoms with Gasteiger partial charge in [0.1, 0.15) is 0 Å². The van der Waals surface area contributed by atoms with Crippen molar-refractivity contribution in [3.63, 3.8) is 0 Å². The maximum Gasteiger partial charge on any atom is 0.220 e. The third kappa shape index (κ3) is 11.1. The van der Waals surface area contributed by atoms with Crippen molar-refractivity contribution in [3.05, 3.63) is 0 Å². The quantitative estimate of drug-likeness (QED) is 0.303. The SMILES string of the molecule is CC1(C)CC(NC(=O)CCCCCCCCCCCCCCCN)CC(C)(C)N1[O]. The molecule has 0 bridgehead atoms. The van der Waals surface area contributed by atoms with Crippen LogP contribution in [0.3, 0.4) is 0 Å². The minimum atomic E-state index is -0.426. The predicted molar refractivity (Wildman–Crippen MR) is 126 cm³/mol. The van der Waals surface area contributed by atoms with Crippen LogP contribution in [0.4, 0.5) is 0 Å². The Balaban J connectivity index is 1.98. The molecule has 3 N–H and O–H groups in total. The Labute approximate surface area is 186 Å². The monoisotopic (exact) mass is 424 g/mol. The average molecular weight is 425 g/mol. The molecule has 177 valence electrons. The predicted octanol–water partition coefficient (Wildman–Crippen LogP) is 5.89. The standard InChI is InChI=1S/C25H50N3O2/c1-24(2)20-22(21-25(3,4)28(24)30)27-23(29)18-16-14-12-10-8-6-5-7-9-11-13-15-17-19-26/h22H,5-21,26H2,1-4H3,(H,27,29).